The summed E-state index contributed by atoms with van der Waals surface area (Å²) in [7, 11) is 0. The van der Waals surface area contributed by atoms with Crippen LogP contribution in [0.5, 0.6) is 0 Å². The number of fused-ring (bicyclic) bond motifs is 1. The van der Waals surface area contributed by atoms with Crippen molar-refractivity contribution in [1.29, 1.82) is 0 Å². The second-order valence-corrected chi connectivity index (χ2v) is 6.61. The number of urea groups is 1. The first-order valence-electron chi connectivity index (χ1n) is 8.89. The average Bonchev–Trinajstić information content (AvgIpc) is 2.67. The Bertz CT molecular complexity index is 851. The van der Waals surface area contributed by atoms with Crippen molar-refractivity contribution in [1.82, 2.24) is 4.90 Å². The third-order valence-corrected chi connectivity index (χ3v) is 4.47. The monoisotopic (exact) mass is 391 g/mol. The number of anilines is 2. The number of nitrogens with one attached hydrogen (secondary N) is 2. The van der Waals surface area contributed by atoms with Crippen molar-refractivity contribution in [2.75, 3.05) is 17.2 Å². The molecule has 2 aromatic rings. The molecule has 1 heterocycles. The minimum absolute atomic E-state index is 0.225. The molecule has 0 saturated carbocycles. The molecule has 8 heteroatoms. The Balaban J connectivity index is 1.51. The van der Waals surface area contributed by atoms with Gasteiger partial charge < -0.3 is 15.5 Å². The maximum absolute atomic E-state index is 12.5. The molecule has 2 N–H and O–H groups in total. The van der Waals surface area contributed by atoms with Crippen LogP contribution < -0.4 is 10.6 Å². The zero-order chi connectivity index (χ0) is 20.1. The highest BCUT2D eigenvalue weighted by Gasteiger charge is 2.27. The normalized spacial score (nSPS) is 13.6. The molecule has 3 rings (SSSR count). The highest BCUT2D eigenvalue weighted by molar-refractivity contribution is 5.92. The molecule has 1 aliphatic rings. The Morgan fingerprint density at radius 3 is 2.18 bits per heavy atom. The Morgan fingerprint density at radius 1 is 0.929 bits per heavy atom. The first kappa shape index (κ1) is 19.7. The predicted molar refractivity (Wildman–Crippen MR) is 99.9 cm³/mol. The smallest absolute Gasteiger partial charge is 0.326 e. The van der Waals surface area contributed by atoms with E-state index in [0.717, 1.165) is 12.0 Å². The number of hydrogen-bond acceptors (Lipinski definition) is 2. The van der Waals surface area contributed by atoms with Gasteiger partial charge in [-0.1, -0.05) is 24.3 Å². The summed E-state index contributed by atoms with van der Waals surface area (Å²) in [5, 5.41) is 5.20. The number of benzene rings is 2. The zero-order valence-corrected chi connectivity index (χ0v) is 15.1. The van der Waals surface area contributed by atoms with Crippen LogP contribution in [-0.2, 0) is 17.8 Å². The molecule has 2 aromatic carbocycles. The van der Waals surface area contributed by atoms with Crippen LogP contribution in [0.2, 0.25) is 0 Å². The molecule has 5 nitrogen and oxygen atoms in total. The average molecular weight is 391 g/mol. The second kappa shape index (κ2) is 8.33. The molecule has 0 saturated heterocycles. The van der Waals surface area contributed by atoms with E-state index < -0.39 is 24.9 Å². The van der Waals surface area contributed by atoms with Crippen LogP contribution in [-0.4, -0.2) is 29.6 Å². The summed E-state index contributed by atoms with van der Waals surface area (Å²) >= 11 is 0. The molecule has 0 aromatic heterocycles. The fraction of sp³-hybridized carbons (Fsp3) is 0.300. The first-order chi connectivity index (χ1) is 13.3. The summed E-state index contributed by atoms with van der Waals surface area (Å²) in [5.74, 6) is -0.707. The van der Waals surface area contributed by atoms with E-state index in [0.29, 0.717) is 24.5 Å². The molecular weight excluding hydrogens is 371 g/mol. The predicted octanol–water partition coefficient (Wildman–Crippen LogP) is 4.56. The lowest BCUT2D eigenvalue weighted by atomic mass is 10.0. The van der Waals surface area contributed by atoms with Crippen LogP contribution in [0.3, 0.4) is 0 Å². The highest BCUT2D eigenvalue weighted by atomic mass is 19.4. The summed E-state index contributed by atoms with van der Waals surface area (Å²) < 4.78 is 36.4. The maximum Gasteiger partial charge on any atom is 0.389 e. The van der Waals surface area contributed by atoms with Crippen molar-refractivity contribution in [2.24, 2.45) is 0 Å². The van der Waals surface area contributed by atoms with Crippen LogP contribution in [0.15, 0.2) is 48.5 Å². The number of alkyl halides is 3. The molecule has 0 aliphatic carbocycles. The zero-order valence-electron chi connectivity index (χ0n) is 15.1. The molecule has 0 fully saturated rings. The van der Waals surface area contributed by atoms with E-state index in [4.69, 9.17) is 0 Å². The van der Waals surface area contributed by atoms with Crippen LogP contribution in [0.1, 0.15) is 24.0 Å². The summed E-state index contributed by atoms with van der Waals surface area (Å²) in [5.41, 5.74) is 3.28. The van der Waals surface area contributed by atoms with Gasteiger partial charge in [0.1, 0.15) is 0 Å². The van der Waals surface area contributed by atoms with Crippen molar-refractivity contribution >= 4 is 23.3 Å². The molecule has 0 unspecified atom stereocenters. The Kier molecular flexibility index (Phi) is 5.87. The van der Waals surface area contributed by atoms with E-state index in [9.17, 15) is 22.8 Å². The van der Waals surface area contributed by atoms with Crippen LogP contribution in [0.4, 0.5) is 29.3 Å². The first-order valence-corrected chi connectivity index (χ1v) is 8.89. The van der Waals surface area contributed by atoms with Gasteiger partial charge in [-0.15, -0.1) is 0 Å². The lowest BCUT2D eigenvalue weighted by molar-refractivity contribution is -0.142. The summed E-state index contributed by atoms with van der Waals surface area (Å²) in [4.78, 5) is 25.7. The molecular formula is C20H20F3N3O2. The van der Waals surface area contributed by atoms with Gasteiger partial charge in [0.15, 0.2) is 0 Å². The van der Waals surface area contributed by atoms with Crippen molar-refractivity contribution in [3.05, 3.63) is 59.7 Å². The number of nitrogens with zero attached hydrogens (tertiary/aromatic N) is 1. The SMILES string of the molecule is O=C(CCC(F)(F)F)Nc1ccc(NC(=O)N2CCc3ccccc3C2)cc1. The van der Waals surface area contributed by atoms with Gasteiger partial charge in [-0.25, -0.2) is 4.79 Å². The number of amides is 3. The van der Waals surface area contributed by atoms with Crippen molar-refractivity contribution < 1.29 is 22.8 Å². The van der Waals surface area contributed by atoms with E-state index in [1.165, 1.54) is 17.7 Å². The minimum Gasteiger partial charge on any atom is -0.326 e. The lowest BCUT2D eigenvalue weighted by Crippen LogP contribution is -2.38. The fourth-order valence-electron chi connectivity index (χ4n) is 2.99. The van der Waals surface area contributed by atoms with E-state index >= 15 is 0 Å². The summed E-state index contributed by atoms with van der Waals surface area (Å²) in [6, 6.07) is 14.0. The third kappa shape index (κ3) is 5.48. The molecule has 1 aliphatic heterocycles. The number of hydrogen-bond donors (Lipinski definition) is 2. The largest absolute Gasteiger partial charge is 0.389 e. The lowest BCUT2D eigenvalue weighted by Gasteiger charge is -2.29. The molecule has 148 valence electrons. The molecule has 0 atom stereocenters. The van der Waals surface area contributed by atoms with E-state index in [-0.39, 0.29) is 6.03 Å². The molecule has 3 amide bonds. The minimum atomic E-state index is -4.36. The molecule has 0 spiro atoms. The van der Waals surface area contributed by atoms with E-state index in [1.54, 1.807) is 17.0 Å². The Labute approximate surface area is 160 Å². The van der Waals surface area contributed by atoms with Crippen molar-refractivity contribution in [2.45, 2.75) is 32.0 Å². The topological polar surface area (TPSA) is 61.4 Å². The number of halogens is 3. The van der Waals surface area contributed by atoms with Gasteiger partial charge in [0, 0.05) is 30.9 Å². The maximum atomic E-state index is 12.5. The van der Waals surface area contributed by atoms with Gasteiger partial charge >= 0.3 is 12.2 Å². The second-order valence-electron chi connectivity index (χ2n) is 6.61. The fourth-order valence-corrected chi connectivity index (χ4v) is 2.99. The molecule has 28 heavy (non-hydrogen) atoms. The molecule has 0 bridgehead atoms. The van der Waals surface area contributed by atoms with Crippen LogP contribution >= 0.6 is 0 Å². The van der Waals surface area contributed by atoms with Gasteiger partial charge in [-0.2, -0.15) is 13.2 Å². The molecule has 0 radical (unpaired) electrons. The van der Waals surface area contributed by atoms with Gasteiger partial charge in [0.2, 0.25) is 5.91 Å². The number of carbonyl (C=O) groups excluding carboxylic acids is 2. The highest BCUT2D eigenvalue weighted by Crippen LogP contribution is 2.22. The Morgan fingerprint density at radius 2 is 1.54 bits per heavy atom. The third-order valence-electron chi connectivity index (χ3n) is 4.47. The van der Waals surface area contributed by atoms with Crippen molar-refractivity contribution in [3.8, 4) is 0 Å². The van der Waals surface area contributed by atoms with Gasteiger partial charge in [0.25, 0.3) is 0 Å². The van der Waals surface area contributed by atoms with Crippen LogP contribution in [0, 0.1) is 0 Å². The van der Waals surface area contributed by atoms with Gasteiger partial charge in [-0.05, 0) is 41.8 Å². The van der Waals surface area contributed by atoms with E-state index in [1.807, 2.05) is 18.2 Å². The standard InChI is InChI=1S/C20H20F3N3O2/c21-20(22,23)11-9-18(27)24-16-5-7-17(8-6-16)25-19(28)26-12-10-14-3-1-2-4-15(14)13-26/h1-8H,9-13H2,(H,24,27)(H,25,28). The number of carbonyl (C=O) groups is 2. The van der Waals surface area contributed by atoms with Crippen molar-refractivity contribution in [3.63, 3.8) is 0 Å². The van der Waals surface area contributed by atoms with Crippen LogP contribution in [0.25, 0.3) is 0 Å². The quantitative estimate of drug-likeness (QED) is 0.803. The van der Waals surface area contributed by atoms with E-state index in [2.05, 4.69) is 16.7 Å². The Hall–Kier alpha value is -3.03. The number of rotatable bonds is 4. The van der Waals surface area contributed by atoms with Gasteiger partial charge in [-0.3, -0.25) is 4.79 Å². The summed E-state index contributed by atoms with van der Waals surface area (Å²) in [6.45, 7) is 1.16. The van der Waals surface area contributed by atoms with Gasteiger partial charge in [0.05, 0.1) is 6.42 Å². The summed E-state index contributed by atoms with van der Waals surface area (Å²) in [6.07, 6.45) is -5.35.